The first kappa shape index (κ1) is 34.8. The topological polar surface area (TPSA) is 105 Å². The zero-order valence-electron chi connectivity index (χ0n) is 24.4. The first-order chi connectivity index (χ1) is 17.1. The van der Waals surface area contributed by atoms with Gasteiger partial charge in [-0.2, -0.15) is 11.8 Å². The summed E-state index contributed by atoms with van der Waals surface area (Å²) in [5.74, 6) is -0.607. The Labute approximate surface area is 229 Å². The van der Waals surface area contributed by atoms with E-state index in [1.807, 2.05) is 13.8 Å². The molecule has 3 N–H and O–H groups in total. The Balaban J connectivity index is 4.76. The van der Waals surface area contributed by atoms with Crippen molar-refractivity contribution in [3.05, 3.63) is 34.9 Å². The van der Waals surface area contributed by atoms with Crippen LogP contribution < -0.4 is 10.6 Å². The van der Waals surface area contributed by atoms with Crippen molar-refractivity contribution in [2.75, 3.05) is 11.5 Å². The molecule has 0 saturated carbocycles. The van der Waals surface area contributed by atoms with Crippen LogP contribution >= 0.6 is 11.8 Å². The lowest BCUT2D eigenvalue weighted by Gasteiger charge is -2.25. The third-order valence-corrected chi connectivity index (χ3v) is 6.26. The molecule has 7 nitrogen and oxygen atoms in total. The van der Waals surface area contributed by atoms with Crippen LogP contribution in [0.4, 0.5) is 4.79 Å². The molecule has 8 heteroatoms. The molecule has 0 spiro atoms. The van der Waals surface area contributed by atoms with Crippen molar-refractivity contribution in [3.63, 3.8) is 0 Å². The first-order valence-electron chi connectivity index (χ1n) is 13.2. The van der Waals surface area contributed by atoms with Gasteiger partial charge in [0.2, 0.25) is 5.91 Å². The number of nitrogens with one attached hydrogen (secondary N) is 2. The Morgan fingerprint density at radius 2 is 1.46 bits per heavy atom. The van der Waals surface area contributed by atoms with E-state index in [4.69, 9.17) is 4.74 Å². The van der Waals surface area contributed by atoms with E-state index >= 15 is 0 Å². The number of hydrogen-bond acceptors (Lipinski definition) is 5. The summed E-state index contributed by atoms with van der Waals surface area (Å²) in [6.45, 7) is 17.6. The average Bonchev–Trinajstić information content (AvgIpc) is 2.73. The van der Waals surface area contributed by atoms with E-state index in [1.54, 1.807) is 20.8 Å². The molecule has 0 aromatic rings. The molecule has 0 unspecified atom stereocenters. The molecule has 2 atom stereocenters. The standard InChI is InChI=1S/C29H50N2O5S/c1-20(2)12-10-13-22(5)14-11-15-23(6)16-17-37-19-25(27(33)34)30-26(32)24(18-21(3)4)31-28(35)36-29(7,8)9/h12,14,16,21,24-25H,10-11,13,15,17-19H2,1-9H3,(H,30,32)(H,31,35)(H,33,34)/t24-,25-/m0/s1. The van der Waals surface area contributed by atoms with Crippen LogP contribution in [0.25, 0.3) is 0 Å². The van der Waals surface area contributed by atoms with Crippen molar-refractivity contribution in [2.45, 2.75) is 112 Å². The zero-order chi connectivity index (χ0) is 28.6. The molecule has 0 aliphatic rings. The number of amides is 2. The van der Waals surface area contributed by atoms with Crippen molar-refractivity contribution in [1.29, 1.82) is 0 Å². The second kappa shape index (κ2) is 18.1. The Bertz CT molecular complexity index is 821. The number of carboxylic acid groups (broad SMARTS) is 1. The summed E-state index contributed by atoms with van der Waals surface area (Å²) < 4.78 is 5.26. The molecule has 212 valence electrons. The second-order valence-electron chi connectivity index (χ2n) is 11.2. The molecule has 0 heterocycles. The van der Waals surface area contributed by atoms with E-state index in [2.05, 4.69) is 56.6 Å². The molecule has 0 rings (SSSR count). The van der Waals surface area contributed by atoms with Crippen LogP contribution in [0.5, 0.6) is 0 Å². The smallest absolute Gasteiger partial charge is 0.408 e. The highest BCUT2D eigenvalue weighted by Gasteiger charge is 2.28. The Kier molecular flexibility index (Phi) is 17.0. The van der Waals surface area contributed by atoms with Crippen LogP contribution in [-0.4, -0.2) is 52.3 Å². The molecule has 0 aromatic heterocycles. The predicted octanol–water partition coefficient (Wildman–Crippen LogP) is 6.65. The van der Waals surface area contributed by atoms with Crippen molar-refractivity contribution >= 4 is 29.7 Å². The minimum atomic E-state index is -1.10. The van der Waals surface area contributed by atoms with E-state index in [1.165, 1.54) is 28.5 Å². The van der Waals surface area contributed by atoms with Gasteiger partial charge in [-0.05, 0) is 86.5 Å². The van der Waals surface area contributed by atoms with Crippen molar-refractivity contribution < 1.29 is 24.2 Å². The summed E-state index contributed by atoms with van der Waals surface area (Å²) in [6.07, 6.45) is 10.4. The van der Waals surface area contributed by atoms with Gasteiger partial charge >= 0.3 is 12.1 Å². The van der Waals surface area contributed by atoms with Gasteiger partial charge in [-0.15, -0.1) is 0 Å². The van der Waals surface area contributed by atoms with Gasteiger partial charge in [0.1, 0.15) is 17.7 Å². The molecule has 0 radical (unpaired) electrons. The number of rotatable bonds is 16. The minimum Gasteiger partial charge on any atom is -0.480 e. The van der Waals surface area contributed by atoms with Crippen molar-refractivity contribution in [2.24, 2.45) is 5.92 Å². The molecule has 2 amide bonds. The lowest BCUT2D eigenvalue weighted by molar-refractivity contribution is -0.141. The van der Waals surface area contributed by atoms with Crippen molar-refractivity contribution in [1.82, 2.24) is 10.6 Å². The van der Waals surface area contributed by atoms with Crippen LogP contribution in [0.15, 0.2) is 34.9 Å². The molecule has 0 aliphatic heterocycles. The fourth-order valence-electron chi connectivity index (χ4n) is 3.33. The van der Waals surface area contributed by atoms with Gasteiger partial charge in [-0.25, -0.2) is 9.59 Å². The predicted molar refractivity (Wildman–Crippen MR) is 155 cm³/mol. The number of carbonyl (C=O) groups excluding carboxylic acids is 2. The summed E-state index contributed by atoms with van der Waals surface area (Å²) in [7, 11) is 0. The second-order valence-corrected chi connectivity index (χ2v) is 12.3. The van der Waals surface area contributed by atoms with Gasteiger partial charge in [-0.3, -0.25) is 4.79 Å². The van der Waals surface area contributed by atoms with Crippen LogP contribution in [0.2, 0.25) is 0 Å². The van der Waals surface area contributed by atoms with Gasteiger partial charge in [0.15, 0.2) is 0 Å². The van der Waals surface area contributed by atoms with Crippen LogP contribution in [-0.2, 0) is 14.3 Å². The molecule has 37 heavy (non-hydrogen) atoms. The number of ether oxygens (including phenoxy) is 1. The SMILES string of the molecule is CC(C)=CCCC(C)=CCCC(C)=CCSC[C@H](NC(=O)[C@H](CC(C)C)NC(=O)OC(C)(C)C)C(=O)O. The fraction of sp³-hybridized carbons (Fsp3) is 0.690. The van der Waals surface area contributed by atoms with Crippen LogP contribution in [0.1, 0.15) is 94.4 Å². The number of aliphatic carboxylic acids is 1. The molecule has 0 saturated heterocycles. The Morgan fingerprint density at radius 3 is 1.97 bits per heavy atom. The maximum atomic E-state index is 12.8. The maximum Gasteiger partial charge on any atom is 0.408 e. The Morgan fingerprint density at radius 1 is 0.892 bits per heavy atom. The third kappa shape index (κ3) is 19.5. The van der Waals surface area contributed by atoms with Crippen LogP contribution in [0.3, 0.4) is 0 Å². The quantitative estimate of drug-likeness (QED) is 0.150. The summed E-state index contributed by atoms with van der Waals surface area (Å²) >= 11 is 1.46. The summed E-state index contributed by atoms with van der Waals surface area (Å²) in [4.78, 5) is 36.8. The highest BCUT2D eigenvalue weighted by Crippen LogP contribution is 2.14. The summed E-state index contributed by atoms with van der Waals surface area (Å²) in [6, 6.07) is -1.92. The average molecular weight is 539 g/mol. The normalized spacial score (nSPS) is 14.1. The van der Waals surface area contributed by atoms with Crippen LogP contribution in [0, 0.1) is 5.92 Å². The number of allylic oxidation sites excluding steroid dienone is 5. The van der Waals surface area contributed by atoms with E-state index in [0.717, 1.165) is 25.7 Å². The largest absolute Gasteiger partial charge is 0.480 e. The molecular weight excluding hydrogens is 488 g/mol. The maximum absolute atomic E-state index is 12.8. The Hall–Kier alpha value is -2.22. The van der Waals surface area contributed by atoms with Gasteiger partial charge < -0.3 is 20.5 Å². The zero-order valence-corrected chi connectivity index (χ0v) is 25.2. The van der Waals surface area contributed by atoms with Gasteiger partial charge in [0.25, 0.3) is 0 Å². The van der Waals surface area contributed by atoms with E-state index in [9.17, 15) is 19.5 Å². The third-order valence-electron chi connectivity index (χ3n) is 5.29. The monoisotopic (exact) mass is 538 g/mol. The highest BCUT2D eigenvalue weighted by atomic mass is 32.2. The molecule has 0 aliphatic carbocycles. The lowest BCUT2D eigenvalue weighted by atomic mass is 10.0. The molecular formula is C29H50N2O5S. The molecule has 0 aromatic carbocycles. The minimum absolute atomic E-state index is 0.118. The molecule has 0 bridgehead atoms. The molecule has 0 fully saturated rings. The first-order valence-corrected chi connectivity index (χ1v) is 14.3. The highest BCUT2D eigenvalue weighted by molar-refractivity contribution is 7.99. The van der Waals surface area contributed by atoms with E-state index < -0.39 is 35.7 Å². The van der Waals surface area contributed by atoms with E-state index in [-0.39, 0.29) is 11.7 Å². The van der Waals surface area contributed by atoms with Gasteiger partial charge in [0.05, 0.1) is 0 Å². The number of alkyl carbamates (subject to hydrolysis) is 1. The number of thioether (sulfide) groups is 1. The van der Waals surface area contributed by atoms with Gasteiger partial charge in [0, 0.05) is 11.5 Å². The van der Waals surface area contributed by atoms with Gasteiger partial charge in [-0.1, -0.05) is 48.8 Å². The fourth-order valence-corrected chi connectivity index (χ4v) is 4.33. The van der Waals surface area contributed by atoms with E-state index in [0.29, 0.717) is 12.2 Å². The number of carboxylic acids is 1. The summed E-state index contributed by atoms with van der Waals surface area (Å²) in [5.41, 5.74) is 3.31. The lowest BCUT2D eigenvalue weighted by Crippen LogP contribution is -2.53. The number of hydrogen-bond donors (Lipinski definition) is 3. The number of carbonyl (C=O) groups is 3. The van der Waals surface area contributed by atoms with Crippen molar-refractivity contribution in [3.8, 4) is 0 Å². The summed E-state index contributed by atoms with van der Waals surface area (Å²) in [5, 5.41) is 14.8.